The fourth-order valence-electron chi connectivity index (χ4n) is 2.91. The van der Waals surface area contributed by atoms with Gasteiger partial charge in [-0.15, -0.1) is 11.3 Å². The van der Waals surface area contributed by atoms with E-state index in [9.17, 15) is 0 Å². The molecule has 0 saturated carbocycles. The fourth-order valence-corrected chi connectivity index (χ4v) is 3.44. The maximum atomic E-state index is 9.03. The minimum absolute atomic E-state index is 0.248. The van der Waals surface area contributed by atoms with Gasteiger partial charge in [0.1, 0.15) is 17.4 Å². The molecule has 3 aromatic rings. The Morgan fingerprint density at radius 1 is 1.10 bits per heavy atom. The summed E-state index contributed by atoms with van der Waals surface area (Å²) >= 11 is 1.57. The van der Waals surface area contributed by atoms with Crippen LogP contribution in [0.25, 0.3) is 0 Å². The predicted octanol–water partition coefficient (Wildman–Crippen LogP) is 5.48. The Labute approximate surface area is 176 Å². The first-order valence-corrected chi connectivity index (χ1v) is 10.1. The third-order valence-corrected chi connectivity index (χ3v) is 5.64. The maximum Gasteiger partial charge on any atom is 0.140 e. The van der Waals surface area contributed by atoms with Gasteiger partial charge < -0.3 is 4.74 Å². The van der Waals surface area contributed by atoms with Gasteiger partial charge in [-0.1, -0.05) is 26.0 Å². The summed E-state index contributed by atoms with van der Waals surface area (Å²) in [5.74, 6) is 1.07. The first-order chi connectivity index (χ1) is 13.9. The molecule has 1 aromatic carbocycles. The van der Waals surface area contributed by atoms with Crippen LogP contribution in [0.1, 0.15) is 49.5 Å². The van der Waals surface area contributed by atoms with Crippen LogP contribution in [0.2, 0.25) is 0 Å². The Morgan fingerprint density at radius 2 is 1.79 bits per heavy atom. The molecule has 5 nitrogen and oxygen atoms in total. The summed E-state index contributed by atoms with van der Waals surface area (Å²) in [6.45, 7) is 8.45. The first-order valence-electron chi connectivity index (χ1n) is 9.24. The molecule has 29 heavy (non-hydrogen) atoms. The molecular weight excluding hydrogens is 380 g/mol. The van der Waals surface area contributed by atoms with Crippen molar-refractivity contribution in [2.24, 2.45) is 5.92 Å². The van der Waals surface area contributed by atoms with Gasteiger partial charge in [0.25, 0.3) is 0 Å². The molecule has 0 aliphatic rings. The molecule has 0 N–H and O–H groups in total. The molecule has 0 spiro atoms. The number of aromatic nitrogens is 2. The second-order valence-electron chi connectivity index (χ2n) is 6.86. The van der Waals surface area contributed by atoms with Crippen LogP contribution in [0.3, 0.4) is 0 Å². The summed E-state index contributed by atoms with van der Waals surface area (Å²) in [6.07, 6.45) is 3.55. The molecule has 0 aliphatic carbocycles. The van der Waals surface area contributed by atoms with E-state index >= 15 is 0 Å². The molecule has 1 atom stereocenters. The smallest absolute Gasteiger partial charge is 0.140 e. The SMILES string of the molecule is CC#N.CC(C)C(C)(c1ccc(C#N)cc1)c1ccc(OCc2nccs2)cn1. The highest BCUT2D eigenvalue weighted by molar-refractivity contribution is 7.09. The first kappa shape index (κ1) is 22.1. The van der Waals surface area contributed by atoms with Crippen molar-refractivity contribution in [1.29, 1.82) is 10.5 Å². The van der Waals surface area contributed by atoms with Gasteiger partial charge in [-0.3, -0.25) is 4.98 Å². The van der Waals surface area contributed by atoms with E-state index in [0.29, 0.717) is 18.1 Å². The minimum Gasteiger partial charge on any atom is -0.485 e. The number of benzene rings is 1. The zero-order chi connectivity index (χ0) is 21.3. The number of hydrogen-bond acceptors (Lipinski definition) is 6. The second kappa shape index (κ2) is 10.4. The second-order valence-corrected chi connectivity index (χ2v) is 7.84. The molecule has 3 rings (SSSR count). The normalized spacial score (nSPS) is 12.1. The number of ether oxygens (including phenoxy) is 1. The molecule has 0 fully saturated rings. The van der Waals surface area contributed by atoms with Gasteiger partial charge >= 0.3 is 0 Å². The summed E-state index contributed by atoms with van der Waals surface area (Å²) in [4.78, 5) is 8.90. The van der Waals surface area contributed by atoms with E-state index in [-0.39, 0.29) is 5.41 Å². The van der Waals surface area contributed by atoms with Crippen molar-refractivity contribution in [2.75, 3.05) is 0 Å². The van der Waals surface area contributed by atoms with Crippen molar-refractivity contribution in [3.63, 3.8) is 0 Å². The molecule has 0 amide bonds. The molecule has 2 heterocycles. The van der Waals surface area contributed by atoms with Crippen LogP contribution in [-0.4, -0.2) is 9.97 Å². The monoisotopic (exact) mass is 404 g/mol. The molecule has 0 saturated heterocycles. The molecular formula is C23H24N4OS. The fraction of sp³-hybridized carbons (Fsp3) is 0.304. The van der Waals surface area contributed by atoms with Crippen LogP contribution in [-0.2, 0) is 12.0 Å². The lowest BCUT2D eigenvalue weighted by atomic mass is 9.70. The Balaban J connectivity index is 0.000000941. The highest BCUT2D eigenvalue weighted by Gasteiger charge is 2.33. The lowest BCUT2D eigenvalue weighted by Crippen LogP contribution is -2.31. The lowest BCUT2D eigenvalue weighted by Gasteiger charge is -2.34. The van der Waals surface area contributed by atoms with Crippen molar-refractivity contribution < 1.29 is 4.74 Å². The third-order valence-electron chi connectivity index (χ3n) is 4.88. The Bertz CT molecular complexity index is 968. The van der Waals surface area contributed by atoms with Gasteiger partial charge in [-0.05, 0) is 42.7 Å². The summed E-state index contributed by atoms with van der Waals surface area (Å²) in [5, 5.41) is 19.2. The minimum atomic E-state index is -0.248. The van der Waals surface area contributed by atoms with Crippen molar-refractivity contribution in [3.8, 4) is 17.9 Å². The zero-order valence-corrected chi connectivity index (χ0v) is 17.9. The topological polar surface area (TPSA) is 82.6 Å². The van der Waals surface area contributed by atoms with Gasteiger partial charge in [-0.25, -0.2) is 4.98 Å². The maximum absolute atomic E-state index is 9.03. The number of thiazole rings is 1. The van der Waals surface area contributed by atoms with Crippen molar-refractivity contribution in [1.82, 2.24) is 9.97 Å². The van der Waals surface area contributed by atoms with Gasteiger partial charge in [0.2, 0.25) is 0 Å². The van der Waals surface area contributed by atoms with E-state index < -0.39 is 0 Å². The molecule has 1 unspecified atom stereocenters. The number of hydrogen-bond donors (Lipinski definition) is 0. The highest BCUT2D eigenvalue weighted by atomic mass is 32.1. The Kier molecular flexibility index (Phi) is 7.88. The zero-order valence-electron chi connectivity index (χ0n) is 17.1. The van der Waals surface area contributed by atoms with E-state index in [0.717, 1.165) is 22.0 Å². The van der Waals surface area contributed by atoms with Crippen LogP contribution in [0.5, 0.6) is 5.75 Å². The van der Waals surface area contributed by atoms with E-state index in [2.05, 4.69) is 36.8 Å². The molecule has 6 heteroatoms. The largest absolute Gasteiger partial charge is 0.485 e. The van der Waals surface area contributed by atoms with Gasteiger partial charge in [0, 0.05) is 23.9 Å². The van der Waals surface area contributed by atoms with E-state index in [1.54, 1.807) is 29.8 Å². The Hall–Kier alpha value is -3.22. The average Bonchev–Trinajstić information content (AvgIpc) is 3.26. The van der Waals surface area contributed by atoms with Crippen LogP contribution in [0.15, 0.2) is 54.2 Å². The summed E-state index contributed by atoms with van der Waals surface area (Å²) < 4.78 is 5.76. The van der Waals surface area contributed by atoms with Crippen LogP contribution < -0.4 is 4.74 Å². The Morgan fingerprint density at radius 3 is 2.28 bits per heavy atom. The highest BCUT2D eigenvalue weighted by Crippen LogP contribution is 2.38. The molecule has 2 aromatic heterocycles. The summed E-state index contributed by atoms with van der Waals surface area (Å²) in [6, 6.07) is 15.7. The summed E-state index contributed by atoms with van der Waals surface area (Å²) in [5.41, 5.74) is 2.55. The van der Waals surface area contributed by atoms with Gasteiger partial charge in [0.15, 0.2) is 0 Å². The van der Waals surface area contributed by atoms with Crippen LogP contribution in [0.4, 0.5) is 0 Å². The average molecular weight is 405 g/mol. The van der Waals surface area contributed by atoms with Crippen molar-refractivity contribution in [3.05, 3.63) is 76.0 Å². The van der Waals surface area contributed by atoms with Crippen molar-refractivity contribution >= 4 is 11.3 Å². The molecule has 0 bridgehead atoms. The molecule has 0 radical (unpaired) electrons. The van der Waals surface area contributed by atoms with Gasteiger partial charge in [0.05, 0.1) is 29.6 Å². The third kappa shape index (κ3) is 5.40. The molecule has 0 aliphatic heterocycles. The predicted molar refractivity (Wildman–Crippen MR) is 114 cm³/mol. The number of nitriles is 2. The number of pyridine rings is 1. The van der Waals surface area contributed by atoms with Crippen LogP contribution in [0, 0.1) is 28.6 Å². The van der Waals surface area contributed by atoms with E-state index in [1.807, 2.05) is 41.8 Å². The van der Waals surface area contributed by atoms with E-state index in [1.165, 1.54) is 6.92 Å². The van der Waals surface area contributed by atoms with Gasteiger partial charge in [-0.2, -0.15) is 10.5 Å². The number of nitrogens with zero attached hydrogens (tertiary/aromatic N) is 4. The standard InChI is InChI=1S/C21H21N3OS.C2H3N/c1-15(2)21(3,17-6-4-16(12-22)5-7-17)19-9-8-18(13-24-19)25-14-20-23-10-11-26-20;1-2-3/h4-11,13,15H,14H2,1-3H3;1H3. The number of rotatable bonds is 6. The van der Waals surface area contributed by atoms with E-state index in [4.69, 9.17) is 15.3 Å². The molecule has 148 valence electrons. The lowest BCUT2D eigenvalue weighted by molar-refractivity contribution is 0.303. The quantitative estimate of drug-likeness (QED) is 0.543. The summed E-state index contributed by atoms with van der Waals surface area (Å²) in [7, 11) is 0. The van der Waals surface area contributed by atoms with Crippen molar-refractivity contribution in [2.45, 2.75) is 39.7 Å². The van der Waals surface area contributed by atoms with Crippen LogP contribution >= 0.6 is 11.3 Å².